The first-order chi connectivity index (χ1) is 6.79. The van der Waals surface area contributed by atoms with Gasteiger partial charge in [0.2, 0.25) is 0 Å². The molecule has 1 aromatic rings. The van der Waals surface area contributed by atoms with E-state index in [0.717, 1.165) is 11.7 Å². The van der Waals surface area contributed by atoms with Crippen LogP contribution in [0.3, 0.4) is 0 Å². The van der Waals surface area contributed by atoms with E-state index in [4.69, 9.17) is 5.73 Å². The normalized spacial score (nSPS) is 27.8. The van der Waals surface area contributed by atoms with E-state index in [1.54, 1.807) is 0 Å². The van der Waals surface area contributed by atoms with Crippen LogP contribution < -0.4 is 5.73 Å². The lowest BCUT2D eigenvalue weighted by Crippen LogP contribution is -2.14. The van der Waals surface area contributed by atoms with E-state index < -0.39 is 0 Å². The second-order valence-electron chi connectivity index (χ2n) is 4.13. The van der Waals surface area contributed by atoms with Gasteiger partial charge in [-0.3, -0.25) is 0 Å². The standard InChI is InChI=1S/C10H17N3S/c1-2-7-4-3-5-8(6-7)9-12-10(11)14-13-9/h7-8H,2-6H2,1H3,(H2,11,12,13). The Kier molecular flexibility index (Phi) is 3.01. The van der Waals surface area contributed by atoms with Crippen molar-refractivity contribution in [3.63, 3.8) is 0 Å². The number of hydrogen-bond acceptors (Lipinski definition) is 4. The minimum atomic E-state index is 0.572. The summed E-state index contributed by atoms with van der Waals surface area (Å²) in [6, 6.07) is 0. The average molecular weight is 211 g/mol. The first kappa shape index (κ1) is 9.90. The van der Waals surface area contributed by atoms with Crippen molar-refractivity contribution >= 4 is 16.7 Å². The summed E-state index contributed by atoms with van der Waals surface area (Å²) in [5.41, 5.74) is 5.60. The Morgan fingerprint density at radius 2 is 2.36 bits per heavy atom. The number of aromatic nitrogens is 2. The highest BCUT2D eigenvalue weighted by atomic mass is 32.1. The average Bonchev–Trinajstić information content (AvgIpc) is 2.65. The van der Waals surface area contributed by atoms with Crippen LogP contribution in [-0.2, 0) is 0 Å². The molecule has 0 aliphatic heterocycles. The first-order valence-electron chi connectivity index (χ1n) is 5.38. The fraction of sp³-hybridized carbons (Fsp3) is 0.800. The predicted octanol–water partition coefficient (Wildman–Crippen LogP) is 2.80. The van der Waals surface area contributed by atoms with E-state index in [1.165, 1.54) is 43.6 Å². The molecule has 1 fully saturated rings. The van der Waals surface area contributed by atoms with Crippen LogP contribution in [-0.4, -0.2) is 9.36 Å². The second kappa shape index (κ2) is 4.26. The second-order valence-corrected chi connectivity index (χ2v) is 4.91. The van der Waals surface area contributed by atoms with Gasteiger partial charge in [-0.05, 0) is 18.8 Å². The van der Waals surface area contributed by atoms with Gasteiger partial charge in [-0.15, -0.1) is 0 Å². The van der Waals surface area contributed by atoms with Crippen molar-refractivity contribution in [3.8, 4) is 0 Å². The van der Waals surface area contributed by atoms with E-state index >= 15 is 0 Å². The molecule has 2 atom stereocenters. The third-order valence-corrected chi connectivity index (χ3v) is 3.74. The molecule has 0 bridgehead atoms. The highest BCUT2D eigenvalue weighted by molar-refractivity contribution is 7.09. The monoisotopic (exact) mass is 211 g/mol. The molecule has 2 rings (SSSR count). The summed E-state index contributed by atoms with van der Waals surface area (Å²) >= 11 is 1.32. The van der Waals surface area contributed by atoms with Crippen molar-refractivity contribution in [2.45, 2.75) is 44.9 Å². The highest BCUT2D eigenvalue weighted by Gasteiger charge is 2.24. The fourth-order valence-corrected chi connectivity index (χ4v) is 2.82. The summed E-state index contributed by atoms with van der Waals surface area (Å²) in [6.45, 7) is 2.27. The number of hydrogen-bond donors (Lipinski definition) is 1. The van der Waals surface area contributed by atoms with Crippen molar-refractivity contribution in [3.05, 3.63) is 5.82 Å². The van der Waals surface area contributed by atoms with Gasteiger partial charge in [-0.1, -0.05) is 26.2 Å². The third kappa shape index (κ3) is 2.05. The predicted molar refractivity (Wildman–Crippen MR) is 59.3 cm³/mol. The molecular formula is C10H17N3S. The zero-order chi connectivity index (χ0) is 9.97. The van der Waals surface area contributed by atoms with Gasteiger partial charge in [-0.2, -0.15) is 4.37 Å². The Morgan fingerprint density at radius 1 is 1.50 bits per heavy atom. The van der Waals surface area contributed by atoms with E-state index in [9.17, 15) is 0 Å². The van der Waals surface area contributed by atoms with Crippen LogP contribution in [0.2, 0.25) is 0 Å². The maximum atomic E-state index is 5.60. The van der Waals surface area contributed by atoms with Crippen molar-refractivity contribution in [1.82, 2.24) is 9.36 Å². The number of nitrogens with zero attached hydrogens (tertiary/aromatic N) is 2. The number of rotatable bonds is 2. The lowest BCUT2D eigenvalue weighted by molar-refractivity contribution is 0.308. The Hall–Kier alpha value is -0.640. The van der Waals surface area contributed by atoms with Gasteiger partial charge in [0, 0.05) is 17.5 Å². The first-order valence-corrected chi connectivity index (χ1v) is 6.16. The SMILES string of the molecule is CCC1CCCC(c2nsc(N)n2)C1. The quantitative estimate of drug-likeness (QED) is 0.818. The fourth-order valence-electron chi connectivity index (χ4n) is 2.31. The van der Waals surface area contributed by atoms with Gasteiger partial charge in [0.05, 0.1) is 0 Å². The zero-order valence-corrected chi connectivity index (χ0v) is 9.39. The molecule has 1 aromatic heterocycles. The summed E-state index contributed by atoms with van der Waals surface area (Å²) in [5, 5.41) is 0.610. The largest absolute Gasteiger partial charge is 0.374 e. The van der Waals surface area contributed by atoms with E-state index in [0.29, 0.717) is 11.0 Å². The summed E-state index contributed by atoms with van der Waals surface area (Å²) in [6.07, 6.45) is 6.49. The summed E-state index contributed by atoms with van der Waals surface area (Å²) in [5.74, 6) is 2.44. The van der Waals surface area contributed by atoms with Gasteiger partial charge in [0.25, 0.3) is 0 Å². The Morgan fingerprint density at radius 3 is 3.00 bits per heavy atom. The lowest BCUT2D eigenvalue weighted by atomic mass is 9.80. The number of anilines is 1. The minimum absolute atomic E-state index is 0.572. The molecule has 1 aliphatic carbocycles. The molecule has 0 saturated heterocycles. The molecule has 0 aromatic carbocycles. The van der Waals surface area contributed by atoms with E-state index in [1.807, 2.05) is 0 Å². The molecule has 1 heterocycles. The van der Waals surface area contributed by atoms with E-state index in [2.05, 4.69) is 16.3 Å². The van der Waals surface area contributed by atoms with Crippen LogP contribution in [0.25, 0.3) is 0 Å². The Bertz CT molecular complexity index is 297. The Labute approximate surface area is 88.9 Å². The molecule has 1 saturated carbocycles. The van der Waals surface area contributed by atoms with Crippen molar-refractivity contribution in [2.75, 3.05) is 5.73 Å². The van der Waals surface area contributed by atoms with Gasteiger partial charge >= 0.3 is 0 Å². The topological polar surface area (TPSA) is 51.8 Å². The van der Waals surface area contributed by atoms with Gasteiger partial charge in [-0.25, -0.2) is 4.98 Å². The van der Waals surface area contributed by atoms with Gasteiger partial charge in [0.1, 0.15) is 5.82 Å². The maximum Gasteiger partial charge on any atom is 0.199 e. The molecule has 4 heteroatoms. The van der Waals surface area contributed by atoms with Crippen molar-refractivity contribution in [1.29, 1.82) is 0 Å². The van der Waals surface area contributed by atoms with Gasteiger partial charge in [0.15, 0.2) is 5.13 Å². The minimum Gasteiger partial charge on any atom is -0.374 e. The van der Waals surface area contributed by atoms with Crippen LogP contribution in [0, 0.1) is 5.92 Å². The molecule has 2 unspecified atom stereocenters. The summed E-state index contributed by atoms with van der Waals surface area (Å²) in [4.78, 5) is 4.29. The molecule has 3 nitrogen and oxygen atoms in total. The molecule has 14 heavy (non-hydrogen) atoms. The van der Waals surface area contributed by atoms with Crippen molar-refractivity contribution in [2.24, 2.45) is 5.92 Å². The van der Waals surface area contributed by atoms with Crippen LogP contribution >= 0.6 is 11.5 Å². The molecule has 78 valence electrons. The third-order valence-electron chi connectivity index (χ3n) is 3.18. The number of nitrogen functional groups attached to an aromatic ring is 1. The highest BCUT2D eigenvalue weighted by Crippen LogP contribution is 2.36. The van der Waals surface area contributed by atoms with Crippen molar-refractivity contribution < 1.29 is 0 Å². The smallest absolute Gasteiger partial charge is 0.199 e. The molecular weight excluding hydrogens is 194 g/mol. The molecule has 0 amide bonds. The van der Waals surface area contributed by atoms with Crippen LogP contribution in [0.15, 0.2) is 0 Å². The molecule has 0 spiro atoms. The van der Waals surface area contributed by atoms with E-state index in [-0.39, 0.29) is 0 Å². The van der Waals surface area contributed by atoms with Crippen LogP contribution in [0.4, 0.5) is 5.13 Å². The van der Waals surface area contributed by atoms with Crippen LogP contribution in [0.5, 0.6) is 0 Å². The zero-order valence-electron chi connectivity index (χ0n) is 8.57. The lowest BCUT2D eigenvalue weighted by Gasteiger charge is -2.26. The number of nitrogens with two attached hydrogens (primary N) is 1. The molecule has 0 radical (unpaired) electrons. The summed E-state index contributed by atoms with van der Waals surface area (Å²) < 4.78 is 4.31. The van der Waals surface area contributed by atoms with Gasteiger partial charge < -0.3 is 5.73 Å². The molecule has 2 N–H and O–H groups in total. The summed E-state index contributed by atoms with van der Waals surface area (Å²) in [7, 11) is 0. The maximum absolute atomic E-state index is 5.60. The Balaban J connectivity index is 2.04. The van der Waals surface area contributed by atoms with Crippen LogP contribution in [0.1, 0.15) is 50.8 Å². The molecule has 1 aliphatic rings.